The summed E-state index contributed by atoms with van der Waals surface area (Å²) in [6.45, 7) is 0.139. The number of nitrogens with zero attached hydrogens (tertiary/aromatic N) is 1. The minimum atomic E-state index is -0.0611. The van der Waals surface area contributed by atoms with Crippen molar-refractivity contribution < 1.29 is 9.84 Å². The van der Waals surface area contributed by atoms with Gasteiger partial charge in [0.15, 0.2) is 0 Å². The molecular weight excluding hydrogens is 190 g/mol. The summed E-state index contributed by atoms with van der Waals surface area (Å²) >= 11 is 5.71. The summed E-state index contributed by atoms with van der Waals surface area (Å²) in [6, 6.07) is 6.67. The molecular formula is C9H8ClNO2. The molecule has 0 spiro atoms. The van der Waals surface area contributed by atoms with Gasteiger partial charge in [-0.15, -0.1) is 0 Å². The van der Waals surface area contributed by atoms with Crippen molar-refractivity contribution in [1.29, 1.82) is 5.26 Å². The van der Waals surface area contributed by atoms with Crippen molar-refractivity contribution in [3.8, 4) is 11.8 Å². The van der Waals surface area contributed by atoms with E-state index in [1.54, 1.807) is 18.2 Å². The molecule has 0 fully saturated rings. The summed E-state index contributed by atoms with van der Waals surface area (Å²) in [4.78, 5) is 0. The van der Waals surface area contributed by atoms with Crippen LogP contribution in [-0.2, 0) is 0 Å². The second-order valence-corrected chi connectivity index (χ2v) is 2.80. The average Bonchev–Trinajstić information content (AvgIpc) is 2.14. The fourth-order valence-corrected chi connectivity index (χ4v) is 1.10. The number of aliphatic hydroxyl groups is 1. The van der Waals surface area contributed by atoms with Gasteiger partial charge in [-0.25, -0.2) is 0 Å². The Balaban J connectivity index is 2.83. The highest BCUT2D eigenvalue weighted by Gasteiger charge is 1.99. The average molecular weight is 198 g/mol. The van der Waals surface area contributed by atoms with E-state index in [1.165, 1.54) is 0 Å². The molecule has 0 atom stereocenters. The van der Waals surface area contributed by atoms with Crippen LogP contribution < -0.4 is 4.74 Å². The topological polar surface area (TPSA) is 53.2 Å². The first-order valence-corrected chi connectivity index (χ1v) is 4.08. The van der Waals surface area contributed by atoms with Crippen LogP contribution in [0, 0.1) is 11.3 Å². The minimum absolute atomic E-state index is 0.0611. The van der Waals surface area contributed by atoms with Crippen molar-refractivity contribution in [2.24, 2.45) is 0 Å². The second-order valence-electron chi connectivity index (χ2n) is 2.36. The number of benzene rings is 1. The second kappa shape index (κ2) is 4.70. The standard InChI is InChI=1S/C9H8ClNO2/c10-8-3-7(6-11)4-9(5-8)13-2-1-12/h3-5,12H,1-2H2. The van der Waals surface area contributed by atoms with Gasteiger partial charge in [0.25, 0.3) is 0 Å². The van der Waals surface area contributed by atoms with E-state index in [-0.39, 0.29) is 13.2 Å². The molecule has 0 heterocycles. The monoisotopic (exact) mass is 197 g/mol. The molecule has 1 aromatic rings. The van der Waals surface area contributed by atoms with Gasteiger partial charge in [-0.1, -0.05) is 11.6 Å². The molecule has 0 amide bonds. The zero-order valence-electron chi connectivity index (χ0n) is 6.83. The fourth-order valence-electron chi connectivity index (χ4n) is 0.874. The van der Waals surface area contributed by atoms with Crippen LogP contribution in [0.25, 0.3) is 0 Å². The highest BCUT2D eigenvalue weighted by molar-refractivity contribution is 6.30. The Morgan fingerprint density at radius 3 is 2.85 bits per heavy atom. The summed E-state index contributed by atoms with van der Waals surface area (Å²) in [7, 11) is 0. The molecule has 0 aliphatic rings. The van der Waals surface area contributed by atoms with E-state index in [0.717, 1.165) is 0 Å². The first-order chi connectivity index (χ1) is 6.26. The maximum absolute atomic E-state index is 8.60. The van der Waals surface area contributed by atoms with E-state index < -0.39 is 0 Å². The van der Waals surface area contributed by atoms with Crippen LogP contribution >= 0.6 is 11.6 Å². The van der Waals surface area contributed by atoms with Gasteiger partial charge in [-0.3, -0.25) is 0 Å². The predicted octanol–water partition coefficient (Wildman–Crippen LogP) is 1.58. The van der Waals surface area contributed by atoms with Crippen LogP contribution in [0.4, 0.5) is 0 Å². The molecule has 0 aliphatic carbocycles. The Morgan fingerprint density at radius 2 is 2.23 bits per heavy atom. The molecule has 3 nitrogen and oxygen atoms in total. The molecule has 68 valence electrons. The van der Waals surface area contributed by atoms with Crippen molar-refractivity contribution in [3.05, 3.63) is 28.8 Å². The van der Waals surface area contributed by atoms with Gasteiger partial charge in [0.2, 0.25) is 0 Å². The Hall–Kier alpha value is -1.24. The Morgan fingerprint density at radius 1 is 1.46 bits per heavy atom. The van der Waals surface area contributed by atoms with Crippen molar-refractivity contribution in [2.45, 2.75) is 0 Å². The highest BCUT2D eigenvalue weighted by Crippen LogP contribution is 2.20. The summed E-state index contributed by atoms with van der Waals surface area (Å²) in [5.41, 5.74) is 0.445. The van der Waals surface area contributed by atoms with Gasteiger partial charge in [0.05, 0.1) is 18.2 Å². The first kappa shape index (κ1) is 9.85. The lowest BCUT2D eigenvalue weighted by Crippen LogP contribution is -2.01. The van der Waals surface area contributed by atoms with Gasteiger partial charge < -0.3 is 9.84 Å². The molecule has 0 saturated carbocycles. The van der Waals surface area contributed by atoms with E-state index in [4.69, 9.17) is 26.7 Å². The molecule has 0 saturated heterocycles. The van der Waals surface area contributed by atoms with Crippen molar-refractivity contribution >= 4 is 11.6 Å². The van der Waals surface area contributed by atoms with Crippen LogP contribution in [0.15, 0.2) is 18.2 Å². The zero-order chi connectivity index (χ0) is 9.68. The maximum Gasteiger partial charge on any atom is 0.122 e. The molecule has 1 rings (SSSR count). The van der Waals surface area contributed by atoms with Crippen LogP contribution in [0.1, 0.15) is 5.56 Å². The number of halogens is 1. The van der Waals surface area contributed by atoms with Gasteiger partial charge >= 0.3 is 0 Å². The number of aliphatic hydroxyl groups excluding tert-OH is 1. The quantitative estimate of drug-likeness (QED) is 0.801. The highest BCUT2D eigenvalue weighted by atomic mass is 35.5. The Bertz CT molecular complexity index is 333. The predicted molar refractivity (Wildman–Crippen MR) is 48.7 cm³/mol. The third kappa shape index (κ3) is 2.94. The Labute approximate surface area is 81.1 Å². The molecule has 0 unspecified atom stereocenters. The third-order valence-electron chi connectivity index (χ3n) is 1.36. The van der Waals surface area contributed by atoms with E-state index in [1.807, 2.05) is 6.07 Å². The SMILES string of the molecule is N#Cc1cc(Cl)cc(OCCO)c1. The maximum atomic E-state index is 8.60. The molecule has 0 aromatic heterocycles. The normalized spacial score (nSPS) is 9.31. The smallest absolute Gasteiger partial charge is 0.122 e. The van der Waals surface area contributed by atoms with Crippen LogP contribution in [0.5, 0.6) is 5.75 Å². The summed E-state index contributed by atoms with van der Waals surface area (Å²) in [6.07, 6.45) is 0. The van der Waals surface area contributed by atoms with Crippen LogP contribution in [0.3, 0.4) is 0 Å². The minimum Gasteiger partial charge on any atom is -0.491 e. The number of ether oxygens (including phenoxy) is 1. The largest absolute Gasteiger partial charge is 0.491 e. The molecule has 0 aliphatic heterocycles. The first-order valence-electron chi connectivity index (χ1n) is 3.70. The third-order valence-corrected chi connectivity index (χ3v) is 1.58. The fraction of sp³-hybridized carbons (Fsp3) is 0.222. The molecule has 1 N–H and O–H groups in total. The molecule has 1 aromatic carbocycles. The van der Waals surface area contributed by atoms with E-state index in [2.05, 4.69) is 0 Å². The van der Waals surface area contributed by atoms with Gasteiger partial charge in [-0.05, 0) is 18.2 Å². The van der Waals surface area contributed by atoms with Crippen LogP contribution in [0.2, 0.25) is 5.02 Å². The number of hydrogen-bond acceptors (Lipinski definition) is 3. The molecule has 13 heavy (non-hydrogen) atoms. The lowest BCUT2D eigenvalue weighted by Gasteiger charge is -2.04. The summed E-state index contributed by atoms with van der Waals surface area (Å²) in [5, 5.41) is 17.5. The molecule has 0 bridgehead atoms. The van der Waals surface area contributed by atoms with Gasteiger partial charge in [-0.2, -0.15) is 5.26 Å². The van der Waals surface area contributed by atoms with E-state index in [0.29, 0.717) is 16.3 Å². The number of rotatable bonds is 3. The summed E-state index contributed by atoms with van der Waals surface area (Å²) in [5.74, 6) is 0.498. The van der Waals surface area contributed by atoms with Gasteiger partial charge in [0.1, 0.15) is 12.4 Å². The van der Waals surface area contributed by atoms with E-state index in [9.17, 15) is 0 Å². The summed E-state index contributed by atoms with van der Waals surface area (Å²) < 4.78 is 5.09. The zero-order valence-corrected chi connectivity index (χ0v) is 7.58. The van der Waals surface area contributed by atoms with Crippen LogP contribution in [-0.4, -0.2) is 18.3 Å². The molecule has 4 heteroatoms. The van der Waals surface area contributed by atoms with Crippen molar-refractivity contribution in [2.75, 3.05) is 13.2 Å². The van der Waals surface area contributed by atoms with Crippen molar-refractivity contribution in [1.82, 2.24) is 0 Å². The van der Waals surface area contributed by atoms with Crippen molar-refractivity contribution in [3.63, 3.8) is 0 Å². The lowest BCUT2D eigenvalue weighted by atomic mass is 10.2. The Kier molecular flexibility index (Phi) is 3.56. The van der Waals surface area contributed by atoms with Gasteiger partial charge in [0, 0.05) is 5.02 Å². The number of hydrogen-bond donors (Lipinski definition) is 1. The number of nitriles is 1. The van der Waals surface area contributed by atoms with E-state index >= 15 is 0 Å². The lowest BCUT2D eigenvalue weighted by molar-refractivity contribution is 0.201. The molecule has 0 radical (unpaired) electrons.